The van der Waals surface area contributed by atoms with Crippen LogP contribution in [0.15, 0.2) is 24.3 Å². The number of rotatable bonds is 4. The normalized spacial score (nSPS) is 21.1. The Labute approximate surface area is 114 Å². The molecule has 2 rings (SSSR count). The molecule has 0 saturated carbocycles. The van der Waals surface area contributed by atoms with Gasteiger partial charge in [-0.2, -0.15) is 12.6 Å². The second-order valence-electron chi connectivity index (χ2n) is 5.34. The summed E-state index contributed by atoms with van der Waals surface area (Å²) >= 11 is 4.36. The Morgan fingerprint density at radius 2 is 2.11 bits per heavy atom. The molecule has 0 aliphatic carbocycles. The summed E-state index contributed by atoms with van der Waals surface area (Å²) in [5, 5.41) is 10.2. The van der Waals surface area contributed by atoms with Crippen LogP contribution in [0, 0.1) is 0 Å². The van der Waals surface area contributed by atoms with Gasteiger partial charge in [0, 0.05) is 31.4 Å². The highest BCUT2D eigenvalue weighted by molar-refractivity contribution is 7.81. The lowest BCUT2D eigenvalue weighted by molar-refractivity contribution is 0.0159. The van der Waals surface area contributed by atoms with Gasteiger partial charge in [-0.15, -0.1) is 0 Å². The lowest BCUT2D eigenvalue weighted by Crippen LogP contribution is -2.50. The van der Waals surface area contributed by atoms with E-state index in [-0.39, 0.29) is 5.25 Å². The summed E-state index contributed by atoms with van der Waals surface area (Å²) in [5.74, 6) is 0. The van der Waals surface area contributed by atoms with E-state index in [1.54, 1.807) is 0 Å². The Morgan fingerprint density at radius 1 is 1.44 bits per heavy atom. The quantitative estimate of drug-likeness (QED) is 0.714. The fraction of sp³-hybridized carbons (Fsp3) is 0.571. The van der Waals surface area contributed by atoms with Crippen LogP contribution < -0.4 is 5.73 Å². The molecule has 3 N–H and O–H groups in total. The number of hydrogen-bond acceptors (Lipinski definition) is 4. The molecule has 0 fully saturated rings. The van der Waals surface area contributed by atoms with Crippen molar-refractivity contribution < 1.29 is 5.11 Å². The Bertz CT molecular complexity index is 409. The maximum absolute atomic E-state index is 10.4. The molecule has 4 heteroatoms. The molecule has 3 nitrogen and oxygen atoms in total. The summed E-state index contributed by atoms with van der Waals surface area (Å²) in [4.78, 5) is 2.28. The minimum Gasteiger partial charge on any atom is -0.388 e. The van der Waals surface area contributed by atoms with Crippen molar-refractivity contribution in [3.8, 4) is 0 Å². The van der Waals surface area contributed by atoms with E-state index < -0.39 is 5.60 Å². The molecule has 0 amide bonds. The van der Waals surface area contributed by atoms with E-state index in [2.05, 4.69) is 41.8 Å². The minimum absolute atomic E-state index is 0.185. The third-order valence-electron chi connectivity index (χ3n) is 3.69. The molecule has 1 aliphatic heterocycles. The van der Waals surface area contributed by atoms with E-state index in [1.807, 2.05) is 6.92 Å². The molecule has 0 radical (unpaired) electrons. The van der Waals surface area contributed by atoms with Crippen molar-refractivity contribution in [2.45, 2.75) is 30.7 Å². The Kier molecular flexibility index (Phi) is 4.33. The highest BCUT2D eigenvalue weighted by atomic mass is 32.1. The van der Waals surface area contributed by atoms with Crippen molar-refractivity contribution in [3.63, 3.8) is 0 Å². The predicted octanol–water partition coefficient (Wildman–Crippen LogP) is 1.05. The van der Waals surface area contributed by atoms with E-state index >= 15 is 0 Å². The lowest BCUT2D eigenvalue weighted by atomic mass is 9.96. The first-order chi connectivity index (χ1) is 8.53. The van der Waals surface area contributed by atoms with Gasteiger partial charge >= 0.3 is 0 Å². The molecule has 1 aliphatic rings. The predicted molar refractivity (Wildman–Crippen MR) is 77.9 cm³/mol. The van der Waals surface area contributed by atoms with E-state index in [0.717, 1.165) is 19.5 Å². The molecule has 0 bridgehead atoms. The summed E-state index contributed by atoms with van der Waals surface area (Å²) in [6.07, 6.45) is 1.05. The van der Waals surface area contributed by atoms with Gasteiger partial charge in [-0.25, -0.2) is 0 Å². The maximum atomic E-state index is 10.4. The van der Waals surface area contributed by atoms with E-state index in [4.69, 9.17) is 5.73 Å². The summed E-state index contributed by atoms with van der Waals surface area (Å²) < 4.78 is 0. The largest absolute Gasteiger partial charge is 0.388 e. The van der Waals surface area contributed by atoms with E-state index in [1.165, 1.54) is 11.1 Å². The first-order valence-electron chi connectivity index (χ1n) is 6.42. The second-order valence-corrected chi connectivity index (χ2v) is 5.96. The summed E-state index contributed by atoms with van der Waals surface area (Å²) in [6, 6.07) is 8.51. The Hall–Kier alpha value is -0.550. The zero-order chi connectivity index (χ0) is 13.2. The van der Waals surface area contributed by atoms with Crippen molar-refractivity contribution in [2.75, 3.05) is 19.6 Å². The van der Waals surface area contributed by atoms with Crippen LogP contribution in [-0.2, 0) is 13.0 Å². The minimum atomic E-state index is -0.843. The summed E-state index contributed by atoms with van der Waals surface area (Å²) in [5.41, 5.74) is 7.53. The van der Waals surface area contributed by atoms with Gasteiger partial charge in [0.25, 0.3) is 0 Å². The molecule has 18 heavy (non-hydrogen) atoms. The number of nitrogens with zero attached hydrogens (tertiary/aromatic N) is 1. The molecule has 1 heterocycles. The molecule has 1 aromatic rings. The fourth-order valence-corrected chi connectivity index (χ4v) is 2.58. The number of hydrogen-bond donors (Lipinski definition) is 3. The molecular formula is C14H22N2OS. The Balaban J connectivity index is 2.02. The molecule has 0 saturated heterocycles. The first-order valence-corrected chi connectivity index (χ1v) is 6.94. The van der Waals surface area contributed by atoms with Gasteiger partial charge in [-0.05, 0) is 24.5 Å². The van der Waals surface area contributed by atoms with Crippen molar-refractivity contribution >= 4 is 12.6 Å². The monoisotopic (exact) mass is 266 g/mol. The van der Waals surface area contributed by atoms with Crippen LogP contribution in [0.2, 0.25) is 0 Å². The first kappa shape index (κ1) is 13.9. The fourth-order valence-electron chi connectivity index (χ4n) is 2.50. The van der Waals surface area contributed by atoms with Gasteiger partial charge in [0.2, 0.25) is 0 Å². The molecule has 1 aromatic carbocycles. The number of nitrogens with two attached hydrogens (primary N) is 1. The highest BCUT2D eigenvalue weighted by Gasteiger charge is 2.31. The average molecular weight is 266 g/mol. The number of thiol groups is 1. The zero-order valence-electron chi connectivity index (χ0n) is 10.8. The average Bonchev–Trinajstić information content (AvgIpc) is 2.37. The van der Waals surface area contributed by atoms with Crippen LogP contribution in [0.5, 0.6) is 0 Å². The van der Waals surface area contributed by atoms with E-state index in [9.17, 15) is 5.11 Å². The van der Waals surface area contributed by atoms with E-state index in [0.29, 0.717) is 13.1 Å². The molecule has 100 valence electrons. The molecule has 2 atom stereocenters. The lowest BCUT2D eigenvalue weighted by Gasteiger charge is -2.37. The third kappa shape index (κ3) is 3.06. The van der Waals surface area contributed by atoms with Crippen LogP contribution in [0.25, 0.3) is 0 Å². The molecular weight excluding hydrogens is 244 g/mol. The topological polar surface area (TPSA) is 49.5 Å². The number of aliphatic hydroxyl groups is 1. The standard InChI is InChI=1S/C14H22N2OS/c1-14(17,13(18)8-15)10-16-7-6-11-4-2-3-5-12(11)9-16/h2-5,13,17-18H,6-10,15H2,1H3. The highest BCUT2D eigenvalue weighted by Crippen LogP contribution is 2.22. The third-order valence-corrected chi connectivity index (χ3v) is 4.46. The van der Waals surface area contributed by atoms with Crippen LogP contribution in [0.3, 0.4) is 0 Å². The molecule has 0 aromatic heterocycles. The van der Waals surface area contributed by atoms with Crippen LogP contribution in [0.1, 0.15) is 18.1 Å². The second kappa shape index (κ2) is 5.61. The van der Waals surface area contributed by atoms with Crippen molar-refractivity contribution in [2.24, 2.45) is 5.73 Å². The number of fused-ring (bicyclic) bond motifs is 1. The van der Waals surface area contributed by atoms with Crippen LogP contribution in [0.4, 0.5) is 0 Å². The van der Waals surface area contributed by atoms with Gasteiger partial charge in [-0.1, -0.05) is 24.3 Å². The van der Waals surface area contributed by atoms with Crippen molar-refractivity contribution in [3.05, 3.63) is 35.4 Å². The summed E-state index contributed by atoms with van der Waals surface area (Å²) in [6.45, 7) is 4.71. The van der Waals surface area contributed by atoms with Crippen LogP contribution in [-0.4, -0.2) is 40.5 Å². The number of β-amino-alcohol motifs (C(OH)–C–C–N with tert-alkyl or cyclic N) is 1. The summed E-state index contributed by atoms with van der Waals surface area (Å²) in [7, 11) is 0. The zero-order valence-corrected chi connectivity index (χ0v) is 11.7. The van der Waals surface area contributed by atoms with Gasteiger partial charge < -0.3 is 10.8 Å². The van der Waals surface area contributed by atoms with Gasteiger partial charge in [0.1, 0.15) is 0 Å². The van der Waals surface area contributed by atoms with Gasteiger partial charge in [0.15, 0.2) is 0 Å². The smallest absolute Gasteiger partial charge is 0.0873 e. The van der Waals surface area contributed by atoms with Crippen LogP contribution >= 0.6 is 12.6 Å². The molecule has 2 unspecified atom stereocenters. The Morgan fingerprint density at radius 3 is 2.78 bits per heavy atom. The SMILES string of the molecule is CC(O)(CN1CCc2ccccc2C1)C(S)CN. The van der Waals surface area contributed by atoms with Crippen molar-refractivity contribution in [1.29, 1.82) is 0 Å². The van der Waals surface area contributed by atoms with Gasteiger partial charge in [0.05, 0.1) is 5.60 Å². The van der Waals surface area contributed by atoms with Crippen molar-refractivity contribution in [1.82, 2.24) is 4.90 Å². The number of benzene rings is 1. The van der Waals surface area contributed by atoms with Gasteiger partial charge in [-0.3, -0.25) is 4.90 Å². The molecule has 0 spiro atoms. The maximum Gasteiger partial charge on any atom is 0.0873 e.